The summed E-state index contributed by atoms with van der Waals surface area (Å²) in [5.41, 5.74) is 2.37. The Morgan fingerprint density at radius 1 is 1.12 bits per heavy atom. The van der Waals surface area contributed by atoms with E-state index in [0.29, 0.717) is 0 Å². The molecule has 0 amide bonds. The summed E-state index contributed by atoms with van der Waals surface area (Å²) in [4.78, 5) is 4.41. The molecular formula is C15H22N2. The molecule has 2 rings (SSSR count). The van der Waals surface area contributed by atoms with Crippen LogP contribution in [0.5, 0.6) is 0 Å². The van der Waals surface area contributed by atoms with Crippen molar-refractivity contribution in [3.63, 3.8) is 0 Å². The minimum absolute atomic E-state index is 0.837. The molecule has 0 unspecified atom stereocenters. The molecule has 1 aromatic carbocycles. The van der Waals surface area contributed by atoms with Crippen molar-refractivity contribution < 1.29 is 0 Å². The largest absolute Gasteiger partial charge is 0.331 e. The predicted molar refractivity (Wildman–Crippen MR) is 73.0 cm³/mol. The van der Waals surface area contributed by atoms with Crippen molar-refractivity contribution in [2.45, 2.75) is 46.1 Å². The Balaban J connectivity index is 1.83. The van der Waals surface area contributed by atoms with Gasteiger partial charge in [0.15, 0.2) is 0 Å². The zero-order valence-electron chi connectivity index (χ0n) is 10.9. The van der Waals surface area contributed by atoms with Gasteiger partial charge in [-0.3, -0.25) is 0 Å². The van der Waals surface area contributed by atoms with Crippen molar-refractivity contribution in [1.82, 2.24) is 9.55 Å². The van der Waals surface area contributed by atoms with E-state index in [4.69, 9.17) is 0 Å². The lowest BCUT2D eigenvalue weighted by molar-refractivity contribution is 0.509. The van der Waals surface area contributed by atoms with E-state index in [1.807, 2.05) is 12.4 Å². The number of nitrogens with zero attached hydrogens (tertiary/aromatic N) is 2. The third-order valence-corrected chi connectivity index (χ3v) is 3.21. The minimum atomic E-state index is 0.837. The number of hydrogen-bond donors (Lipinski definition) is 0. The first kappa shape index (κ1) is 12.2. The average molecular weight is 230 g/mol. The molecule has 0 aliphatic rings. The van der Waals surface area contributed by atoms with Gasteiger partial charge in [-0.25, -0.2) is 4.98 Å². The van der Waals surface area contributed by atoms with Crippen LogP contribution in [-0.4, -0.2) is 9.55 Å². The second-order valence-corrected chi connectivity index (χ2v) is 5.17. The molecule has 0 saturated heterocycles. The van der Waals surface area contributed by atoms with E-state index in [2.05, 4.69) is 41.6 Å². The van der Waals surface area contributed by atoms with Crippen LogP contribution in [0, 0.1) is 5.92 Å². The smallest absolute Gasteiger partial charge is 0.0958 e. The number of aryl methyl sites for hydroxylation is 1. The fourth-order valence-corrected chi connectivity index (χ4v) is 2.20. The number of unbranched alkanes of at least 4 members (excludes halogenated alkanes) is 2. The molecule has 0 atom stereocenters. The van der Waals surface area contributed by atoms with E-state index in [1.165, 1.54) is 31.2 Å². The van der Waals surface area contributed by atoms with Crippen LogP contribution in [0.1, 0.15) is 39.5 Å². The van der Waals surface area contributed by atoms with Gasteiger partial charge in [-0.2, -0.15) is 0 Å². The molecule has 0 fully saturated rings. The molecule has 2 heteroatoms. The summed E-state index contributed by atoms with van der Waals surface area (Å²) >= 11 is 0. The highest BCUT2D eigenvalue weighted by molar-refractivity contribution is 5.74. The summed E-state index contributed by atoms with van der Waals surface area (Å²) in [7, 11) is 0. The third kappa shape index (κ3) is 3.32. The number of hydrogen-bond acceptors (Lipinski definition) is 1. The third-order valence-electron chi connectivity index (χ3n) is 3.21. The van der Waals surface area contributed by atoms with Crippen LogP contribution in [0.25, 0.3) is 11.0 Å². The highest BCUT2D eigenvalue weighted by Gasteiger charge is 2.00. The van der Waals surface area contributed by atoms with Crippen molar-refractivity contribution in [3.8, 4) is 0 Å². The number of para-hydroxylation sites is 2. The zero-order chi connectivity index (χ0) is 12.1. The predicted octanol–water partition coefficient (Wildman–Crippen LogP) is 4.25. The normalized spacial score (nSPS) is 11.5. The van der Waals surface area contributed by atoms with Crippen LogP contribution in [0.4, 0.5) is 0 Å². The first-order valence-corrected chi connectivity index (χ1v) is 6.67. The summed E-state index contributed by atoms with van der Waals surface area (Å²) in [5, 5.41) is 0. The Morgan fingerprint density at radius 3 is 2.76 bits per heavy atom. The molecule has 17 heavy (non-hydrogen) atoms. The maximum absolute atomic E-state index is 4.41. The lowest BCUT2D eigenvalue weighted by Crippen LogP contribution is -1.96. The Morgan fingerprint density at radius 2 is 1.94 bits per heavy atom. The van der Waals surface area contributed by atoms with Gasteiger partial charge in [0, 0.05) is 6.54 Å². The lowest BCUT2D eigenvalue weighted by Gasteiger charge is -2.06. The van der Waals surface area contributed by atoms with Crippen LogP contribution in [0.2, 0.25) is 0 Å². The molecule has 2 nitrogen and oxygen atoms in total. The fourth-order valence-electron chi connectivity index (χ4n) is 2.20. The fraction of sp³-hybridized carbons (Fsp3) is 0.533. The van der Waals surface area contributed by atoms with E-state index in [0.717, 1.165) is 18.0 Å². The zero-order valence-corrected chi connectivity index (χ0v) is 10.9. The van der Waals surface area contributed by atoms with Gasteiger partial charge >= 0.3 is 0 Å². The number of benzene rings is 1. The monoisotopic (exact) mass is 230 g/mol. The quantitative estimate of drug-likeness (QED) is 0.678. The van der Waals surface area contributed by atoms with E-state index >= 15 is 0 Å². The Labute approximate surface area is 104 Å². The topological polar surface area (TPSA) is 17.8 Å². The second-order valence-electron chi connectivity index (χ2n) is 5.17. The molecule has 0 aliphatic heterocycles. The highest BCUT2D eigenvalue weighted by Crippen LogP contribution is 2.14. The van der Waals surface area contributed by atoms with Crippen molar-refractivity contribution in [3.05, 3.63) is 30.6 Å². The van der Waals surface area contributed by atoms with Gasteiger partial charge in [0.2, 0.25) is 0 Å². The van der Waals surface area contributed by atoms with Crippen LogP contribution < -0.4 is 0 Å². The first-order chi connectivity index (χ1) is 8.27. The van der Waals surface area contributed by atoms with E-state index in [9.17, 15) is 0 Å². The SMILES string of the molecule is CC(C)CCCCCn1cnc2ccccc21. The molecule has 0 N–H and O–H groups in total. The molecule has 0 saturated carbocycles. The van der Waals surface area contributed by atoms with Gasteiger partial charge in [0.1, 0.15) is 0 Å². The Kier molecular flexibility index (Phi) is 4.18. The van der Waals surface area contributed by atoms with Crippen LogP contribution in [-0.2, 0) is 6.54 Å². The molecule has 2 aromatic rings. The number of fused-ring (bicyclic) bond motifs is 1. The summed E-state index contributed by atoms with van der Waals surface area (Å²) < 4.78 is 2.27. The number of imidazole rings is 1. The van der Waals surface area contributed by atoms with Crippen molar-refractivity contribution in [2.24, 2.45) is 5.92 Å². The molecular weight excluding hydrogens is 208 g/mol. The van der Waals surface area contributed by atoms with Crippen molar-refractivity contribution >= 4 is 11.0 Å². The highest BCUT2D eigenvalue weighted by atomic mass is 15.0. The number of aromatic nitrogens is 2. The minimum Gasteiger partial charge on any atom is -0.331 e. The van der Waals surface area contributed by atoms with E-state index in [1.54, 1.807) is 0 Å². The van der Waals surface area contributed by atoms with Crippen LogP contribution in [0.3, 0.4) is 0 Å². The van der Waals surface area contributed by atoms with Crippen molar-refractivity contribution in [1.29, 1.82) is 0 Å². The maximum atomic E-state index is 4.41. The van der Waals surface area contributed by atoms with Gasteiger partial charge in [-0.05, 0) is 24.5 Å². The van der Waals surface area contributed by atoms with Crippen LogP contribution >= 0.6 is 0 Å². The standard InChI is InChI=1S/C15H22N2/c1-13(2)8-4-3-7-11-17-12-16-14-9-5-6-10-15(14)17/h5-6,9-10,12-13H,3-4,7-8,11H2,1-2H3. The molecule has 1 aromatic heterocycles. The van der Waals surface area contributed by atoms with E-state index < -0.39 is 0 Å². The number of rotatable bonds is 6. The summed E-state index contributed by atoms with van der Waals surface area (Å²) in [6.45, 7) is 5.69. The van der Waals surface area contributed by atoms with Gasteiger partial charge in [-0.1, -0.05) is 45.2 Å². The van der Waals surface area contributed by atoms with E-state index in [-0.39, 0.29) is 0 Å². The molecule has 0 radical (unpaired) electrons. The van der Waals surface area contributed by atoms with Crippen molar-refractivity contribution in [2.75, 3.05) is 0 Å². The Bertz CT molecular complexity index is 457. The van der Waals surface area contributed by atoms with Crippen LogP contribution in [0.15, 0.2) is 30.6 Å². The molecule has 0 spiro atoms. The summed E-state index contributed by atoms with van der Waals surface area (Å²) in [5.74, 6) is 0.837. The van der Waals surface area contributed by atoms with Gasteiger partial charge < -0.3 is 4.57 Å². The van der Waals surface area contributed by atoms with Gasteiger partial charge in [0.05, 0.1) is 17.4 Å². The second kappa shape index (κ2) is 5.85. The summed E-state index contributed by atoms with van der Waals surface area (Å²) in [6, 6.07) is 8.35. The average Bonchev–Trinajstić information content (AvgIpc) is 2.72. The molecule has 0 aliphatic carbocycles. The Hall–Kier alpha value is -1.31. The first-order valence-electron chi connectivity index (χ1n) is 6.67. The molecule has 92 valence electrons. The molecule has 0 bridgehead atoms. The summed E-state index contributed by atoms with van der Waals surface area (Å²) in [6.07, 6.45) is 7.25. The maximum Gasteiger partial charge on any atom is 0.0958 e. The lowest BCUT2D eigenvalue weighted by atomic mass is 10.1. The van der Waals surface area contributed by atoms with Gasteiger partial charge in [0.25, 0.3) is 0 Å². The van der Waals surface area contributed by atoms with Gasteiger partial charge in [-0.15, -0.1) is 0 Å². The molecule has 1 heterocycles.